The molecule has 0 atom stereocenters. The molecule has 0 bridgehead atoms. The van der Waals surface area contributed by atoms with Crippen molar-refractivity contribution in [3.63, 3.8) is 0 Å². The molecule has 0 aliphatic carbocycles. The van der Waals surface area contributed by atoms with Crippen molar-refractivity contribution in [2.75, 3.05) is 4.90 Å². The Bertz CT molecular complexity index is 3260. The van der Waals surface area contributed by atoms with Crippen LogP contribution in [0, 0.1) is 0 Å². The standard InChI is InChI=1S/C54H35NS/c1-3-19-45-37(12-1)14-11-24-46(45)41-17-9-15-38(32-41)39-16-10-18-44(33-39)55(52-34-42-13-2-4-20-47(42)48-21-5-6-22-49(48)52)43-29-26-36(27-30-43)40-28-31-51-50-23-7-8-25-53(50)56-54(51)35-40/h1-35H. The first-order valence-electron chi connectivity index (χ1n) is 19.2. The van der Waals surface area contributed by atoms with Crippen molar-refractivity contribution in [1.29, 1.82) is 0 Å². The fourth-order valence-corrected chi connectivity index (χ4v) is 9.67. The van der Waals surface area contributed by atoms with Crippen LogP contribution in [0.1, 0.15) is 0 Å². The van der Waals surface area contributed by atoms with E-state index in [1.54, 1.807) is 0 Å². The molecule has 0 aliphatic heterocycles. The molecule has 1 heterocycles. The van der Waals surface area contributed by atoms with E-state index in [4.69, 9.17) is 0 Å². The minimum atomic E-state index is 1.11. The Kier molecular flexibility index (Phi) is 7.75. The minimum Gasteiger partial charge on any atom is -0.310 e. The first kappa shape index (κ1) is 32.4. The highest BCUT2D eigenvalue weighted by atomic mass is 32.1. The molecular weight excluding hydrogens is 695 g/mol. The molecule has 10 aromatic carbocycles. The van der Waals surface area contributed by atoms with Crippen molar-refractivity contribution in [2.45, 2.75) is 0 Å². The third kappa shape index (κ3) is 5.54. The molecule has 1 aromatic heterocycles. The van der Waals surface area contributed by atoms with E-state index in [-0.39, 0.29) is 0 Å². The molecular formula is C54H35NS. The van der Waals surface area contributed by atoms with Crippen molar-refractivity contribution < 1.29 is 0 Å². The summed E-state index contributed by atoms with van der Waals surface area (Å²) in [6, 6.07) is 77.8. The van der Waals surface area contributed by atoms with Gasteiger partial charge in [0.05, 0.1) is 5.69 Å². The predicted molar refractivity (Wildman–Crippen MR) is 243 cm³/mol. The molecule has 11 rings (SSSR count). The Labute approximate surface area is 330 Å². The van der Waals surface area contributed by atoms with E-state index in [0.29, 0.717) is 0 Å². The summed E-state index contributed by atoms with van der Waals surface area (Å²) in [7, 11) is 0. The molecule has 0 aliphatic rings. The van der Waals surface area contributed by atoms with Gasteiger partial charge in [-0.3, -0.25) is 0 Å². The van der Waals surface area contributed by atoms with Crippen LogP contribution in [0.5, 0.6) is 0 Å². The summed E-state index contributed by atoms with van der Waals surface area (Å²) in [5.74, 6) is 0. The van der Waals surface area contributed by atoms with Gasteiger partial charge in [0.15, 0.2) is 0 Å². The van der Waals surface area contributed by atoms with Crippen LogP contribution in [-0.2, 0) is 0 Å². The van der Waals surface area contributed by atoms with E-state index in [2.05, 4.69) is 217 Å². The van der Waals surface area contributed by atoms with Gasteiger partial charge in [-0.15, -0.1) is 11.3 Å². The van der Waals surface area contributed by atoms with Crippen molar-refractivity contribution in [2.24, 2.45) is 0 Å². The Morgan fingerprint density at radius 1 is 0.286 bits per heavy atom. The molecule has 2 heteroatoms. The number of anilines is 3. The fourth-order valence-electron chi connectivity index (χ4n) is 8.52. The molecule has 0 saturated heterocycles. The van der Waals surface area contributed by atoms with E-state index in [1.807, 2.05) is 11.3 Å². The quantitative estimate of drug-likeness (QED) is 0.154. The second-order valence-corrected chi connectivity index (χ2v) is 15.6. The van der Waals surface area contributed by atoms with Gasteiger partial charge in [0.1, 0.15) is 0 Å². The van der Waals surface area contributed by atoms with E-state index in [9.17, 15) is 0 Å². The zero-order chi connectivity index (χ0) is 37.0. The first-order valence-corrected chi connectivity index (χ1v) is 20.0. The van der Waals surface area contributed by atoms with Gasteiger partial charge in [0.2, 0.25) is 0 Å². The average molecular weight is 730 g/mol. The summed E-state index contributed by atoms with van der Waals surface area (Å²) < 4.78 is 2.65. The largest absolute Gasteiger partial charge is 0.310 e. The lowest BCUT2D eigenvalue weighted by atomic mass is 9.95. The number of benzene rings is 10. The van der Waals surface area contributed by atoms with Gasteiger partial charge in [-0.1, -0.05) is 164 Å². The number of fused-ring (bicyclic) bond motifs is 7. The maximum atomic E-state index is 2.44. The third-order valence-corrected chi connectivity index (χ3v) is 12.4. The van der Waals surface area contributed by atoms with Crippen molar-refractivity contribution >= 4 is 80.9 Å². The van der Waals surface area contributed by atoms with Crippen LogP contribution in [-0.4, -0.2) is 0 Å². The van der Waals surface area contributed by atoms with Gasteiger partial charge in [-0.05, 0) is 109 Å². The van der Waals surface area contributed by atoms with Crippen LogP contribution in [0.2, 0.25) is 0 Å². The zero-order valence-corrected chi connectivity index (χ0v) is 31.4. The lowest BCUT2D eigenvalue weighted by Gasteiger charge is -2.28. The molecule has 262 valence electrons. The molecule has 0 fully saturated rings. The summed E-state index contributed by atoms with van der Waals surface area (Å²) in [5, 5.41) is 10.1. The Hall–Kier alpha value is -7.00. The fraction of sp³-hybridized carbons (Fsp3) is 0. The van der Waals surface area contributed by atoms with Crippen LogP contribution < -0.4 is 4.90 Å². The highest BCUT2D eigenvalue weighted by Crippen LogP contribution is 2.44. The Morgan fingerprint density at radius 2 is 0.875 bits per heavy atom. The van der Waals surface area contributed by atoms with Gasteiger partial charge >= 0.3 is 0 Å². The van der Waals surface area contributed by atoms with Gasteiger partial charge in [-0.25, -0.2) is 0 Å². The molecule has 11 aromatic rings. The van der Waals surface area contributed by atoms with Crippen LogP contribution >= 0.6 is 11.3 Å². The van der Waals surface area contributed by atoms with Crippen LogP contribution in [0.25, 0.3) is 85.9 Å². The molecule has 0 N–H and O–H groups in total. The van der Waals surface area contributed by atoms with Gasteiger partial charge in [-0.2, -0.15) is 0 Å². The first-order chi connectivity index (χ1) is 27.7. The SMILES string of the molecule is c1cc(-c2cccc(N(c3ccc(-c4ccc5c(c4)sc4ccccc45)cc3)c3cc4ccccc4c4ccccc34)c2)cc(-c2cccc3ccccc23)c1. The molecule has 1 nitrogen and oxygen atoms in total. The highest BCUT2D eigenvalue weighted by molar-refractivity contribution is 7.25. The van der Waals surface area contributed by atoms with E-state index >= 15 is 0 Å². The molecule has 0 spiro atoms. The summed E-state index contributed by atoms with van der Waals surface area (Å²) in [4.78, 5) is 2.44. The molecule has 0 radical (unpaired) electrons. The van der Waals surface area contributed by atoms with Crippen LogP contribution in [0.4, 0.5) is 17.1 Å². The minimum absolute atomic E-state index is 1.11. The Balaban J connectivity index is 1.05. The number of nitrogens with zero attached hydrogens (tertiary/aromatic N) is 1. The smallest absolute Gasteiger partial charge is 0.0546 e. The molecule has 56 heavy (non-hydrogen) atoms. The maximum Gasteiger partial charge on any atom is 0.0546 e. The number of thiophene rings is 1. The summed E-state index contributed by atoms with van der Waals surface area (Å²) in [5.41, 5.74) is 10.6. The average Bonchev–Trinajstić information content (AvgIpc) is 3.65. The summed E-state index contributed by atoms with van der Waals surface area (Å²) in [6.07, 6.45) is 0. The zero-order valence-electron chi connectivity index (χ0n) is 30.6. The second kappa shape index (κ2) is 13.4. The van der Waals surface area contributed by atoms with Gasteiger partial charge in [0, 0.05) is 36.9 Å². The van der Waals surface area contributed by atoms with Gasteiger partial charge in [0.25, 0.3) is 0 Å². The van der Waals surface area contributed by atoms with Gasteiger partial charge < -0.3 is 4.90 Å². The normalized spacial score (nSPS) is 11.6. The lowest BCUT2D eigenvalue weighted by Crippen LogP contribution is -2.10. The predicted octanol–water partition coefficient (Wildman–Crippen LogP) is 16.0. The number of hydrogen-bond acceptors (Lipinski definition) is 2. The van der Waals surface area contributed by atoms with E-state index < -0.39 is 0 Å². The Morgan fingerprint density at radius 3 is 1.73 bits per heavy atom. The molecule has 0 amide bonds. The summed E-state index contributed by atoms with van der Waals surface area (Å²) >= 11 is 1.87. The second-order valence-electron chi connectivity index (χ2n) is 14.5. The molecule has 0 saturated carbocycles. The van der Waals surface area contributed by atoms with Crippen LogP contribution in [0.15, 0.2) is 212 Å². The topological polar surface area (TPSA) is 3.24 Å². The third-order valence-electron chi connectivity index (χ3n) is 11.2. The number of hydrogen-bond donors (Lipinski definition) is 0. The van der Waals surface area contributed by atoms with E-state index in [0.717, 1.165) is 17.1 Å². The van der Waals surface area contributed by atoms with Crippen molar-refractivity contribution in [3.8, 4) is 33.4 Å². The van der Waals surface area contributed by atoms with E-state index in [1.165, 1.54) is 85.9 Å². The van der Waals surface area contributed by atoms with Crippen molar-refractivity contribution in [1.82, 2.24) is 0 Å². The highest BCUT2D eigenvalue weighted by Gasteiger charge is 2.19. The summed E-state index contributed by atoms with van der Waals surface area (Å²) in [6.45, 7) is 0. The monoisotopic (exact) mass is 729 g/mol. The van der Waals surface area contributed by atoms with Crippen molar-refractivity contribution in [3.05, 3.63) is 212 Å². The van der Waals surface area contributed by atoms with Crippen LogP contribution in [0.3, 0.4) is 0 Å². The number of rotatable bonds is 6. The lowest BCUT2D eigenvalue weighted by molar-refractivity contribution is 1.30. The maximum absolute atomic E-state index is 2.44. The molecule has 0 unspecified atom stereocenters.